The normalized spacial score (nSPS) is 15.9. The van der Waals surface area contributed by atoms with E-state index < -0.39 is 0 Å². The zero-order valence-electron chi connectivity index (χ0n) is 7.05. The fourth-order valence-electron chi connectivity index (χ4n) is 1.42. The van der Waals surface area contributed by atoms with E-state index in [4.69, 9.17) is 4.74 Å². The molecular weight excluding hydrogens is 171 g/mol. The fraction of sp³-hybridized carbons (Fsp3) is 0.300. The second-order valence-electron chi connectivity index (χ2n) is 3.04. The van der Waals surface area contributed by atoms with Crippen molar-refractivity contribution in [3.8, 4) is 5.75 Å². The lowest BCUT2D eigenvalue weighted by Crippen LogP contribution is -2.02. The molecule has 0 atom stereocenters. The van der Waals surface area contributed by atoms with Crippen LogP contribution < -0.4 is 4.74 Å². The van der Waals surface area contributed by atoms with Crippen molar-refractivity contribution in [2.75, 3.05) is 6.61 Å². The van der Waals surface area contributed by atoms with Crippen molar-refractivity contribution in [1.29, 1.82) is 0 Å². The highest BCUT2D eigenvalue weighted by Crippen LogP contribution is 2.25. The number of hydrogen-bond acceptors (Lipinski definition) is 2. The Hall–Kier alpha value is -1.38. The Morgan fingerprint density at radius 1 is 1.38 bits per heavy atom. The summed E-state index contributed by atoms with van der Waals surface area (Å²) >= 11 is 0. The number of ketones is 1. The molecule has 2 rings (SSSR count). The third-order valence-corrected chi connectivity index (χ3v) is 2.06. The van der Waals surface area contributed by atoms with Crippen LogP contribution in [-0.2, 0) is 11.2 Å². The summed E-state index contributed by atoms with van der Waals surface area (Å²) in [7, 11) is 0. The zero-order chi connectivity index (χ0) is 9.26. The van der Waals surface area contributed by atoms with Crippen LogP contribution >= 0.6 is 0 Å². The van der Waals surface area contributed by atoms with Crippen LogP contribution in [0.2, 0.25) is 0 Å². The molecule has 0 saturated heterocycles. The van der Waals surface area contributed by atoms with Crippen molar-refractivity contribution in [1.82, 2.24) is 0 Å². The molecule has 2 nitrogen and oxygen atoms in total. The molecule has 1 aliphatic rings. The summed E-state index contributed by atoms with van der Waals surface area (Å²) in [6, 6.07) is 4.66. The number of Topliss-reactive ketones (excluding diaryl/α,β-unsaturated/α-hetero) is 1. The molecule has 0 bridgehead atoms. The molecule has 0 radical (unpaired) electrons. The number of ether oxygens (including phenoxy) is 1. The van der Waals surface area contributed by atoms with Crippen LogP contribution in [-0.4, -0.2) is 12.4 Å². The average Bonchev–Trinajstić information content (AvgIpc) is 2.27. The lowest BCUT2D eigenvalue weighted by Gasteiger charge is -2.05. The Morgan fingerprint density at radius 3 is 3.08 bits per heavy atom. The van der Waals surface area contributed by atoms with Gasteiger partial charge in [0.25, 0.3) is 0 Å². The molecule has 0 saturated carbocycles. The first-order chi connectivity index (χ1) is 6.27. The molecule has 68 valence electrons. The SMILES string of the molecule is O=C1CCOc2c(F)cccc2C1. The highest BCUT2D eigenvalue weighted by molar-refractivity contribution is 5.82. The highest BCUT2D eigenvalue weighted by atomic mass is 19.1. The number of carbonyl (C=O) groups excluding carboxylic acids is 1. The van der Waals surface area contributed by atoms with Crippen LogP contribution in [0.5, 0.6) is 5.75 Å². The van der Waals surface area contributed by atoms with Gasteiger partial charge < -0.3 is 4.74 Å². The van der Waals surface area contributed by atoms with Crippen LogP contribution in [0.4, 0.5) is 4.39 Å². The van der Waals surface area contributed by atoms with E-state index in [0.29, 0.717) is 12.0 Å². The molecule has 13 heavy (non-hydrogen) atoms. The van der Waals surface area contributed by atoms with Gasteiger partial charge >= 0.3 is 0 Å². The van der Waals surface area contributed by atoms with Gasteiger partial charge in [0, 0.05) is 18.4 Å². The number of para-hydroxylation sites is 1. The smallest absolute Gasteiger partial charge is 0.165 e. The molecule has 0 spiro atoms. The Bertz CT molecular complexity index is 347. The van der Waals surface area contributed by atoms with E-state index in [1.165, 1.54) is 6.07 Å². The number of halogens is 1. The molecule has 0 aliphatic carbocycles. The molecule has 0 aromatic heterocycles. The number of benzene rings is 1. The van der Waals surface area contributed by atoms with Crippen LogP contribution in [0.25, 0.3) is 0 Å². The lowest BCUT2D eigenvalue weighted by atomic mass is 10.1. The van der Waals surface area contributed by atoms with Gasteiger partial charge in [0.05, 0.1) is 6.61 Å². The number of fused-ring (bicyclic) bond motifs is 1. The lowest BCUT2D eigenvalue weighted by molar-refractivity contribution is -0.118. The first-order valence-corrected chi connectivity index (χ1v) is 4.19. The van der Waals surface area contributed by atoms with Gasteiger partial charge in [-0.05, 0) is 6.07 Å². The first kappa shape index (κ1) is 8.23. The van der Waals surface area contributed by atoms with Gasteiger partial charge in [0.1, 0.15) is 5.78 Å². The maximum atomic E-state index is 13.1. The third-order valence-electron chi connectivity index (χ3n) is 2.06. The monoisotopic (exact) mass is 180 g/mol. The fourth-order valence-corrected chi connectivity index (χ4v) is 1.42. The molecule has 3 heteroatoms. The maximum absolute atomic E-state index is 13.1. The summed E-state index contributed by atoms with van der Waals surface area (Å²) < 4.78 is 18.3. The molecule has 0 fully saturated rings. The van der Waals surface area contributed by atoms with Gasteiger partial charge in [-0.25, -0.2) is 4.39 Å². The van der Waals surface area contributed by atoms with Crippen molar-refractivity contribution < 1.29 is 13.9 Å². The van der Waals surface area contributed by atoms with Gasteiger partial charge in [0.15, 0.2) is 11.6 Å². The summed E-state index contributed by atoms with van der Waals surface area (Å²) in [5.41, 5.74) is 0.655. The number of hydrogen-bond donors (Lipinski definition) is 0. The summed E-state index contributed by atoms with van der Waals surface area (Å²) in [4.78, 5) is 11.2. The Labute approximate surface area is 75.3 Å². The molecule has 0 unspecified atom stereocenters. The van der Waals surface area contributed by atoms with Gasteiger partial charge in [-0.1, -0.05) is 12.1 Å². The highest BCUT2D eigenvalue weighted by Gasteiger charge is 2.17. The molecule has 1 aromatic carbocycles. The second kappa shape index (κ2) is 3.17. The van der Waals surface area contributed by atoms with Crippen LogP contribution in [0.3, 0.4) is 0 Å². The summed E-state index contributed by atoms with van der Waals surface area (Å²) in [5, 5.41) is 0. The zero-order valence-corrected chi connectivity index (χ0v) is 7.05. The van der Waals surface area contributed by atoms with Gasteiger partial charge in [-0.15, -0.1) is 0 Å². The van der Waals surface area contributed by atoms with Crippen molar-refractivity contribution in [3.63, 3.8) is 0 Å². The van der Waals surface area contributed by atoms with Gasteiger partial charge in [-0.3, -0.25) is 4.79 Å². The first-order valence-electron chi connectivity index (χ1n) is 4.19. The molecule has 1 heterocycles. The van der Waals surface area contributed by atoms with Crippen molar-refractivity contribution >= 4 is 5.78 Å². The topological polar surface area (TPSA) is 26.3 Å². The predicted octanol–water partition coefficient (Wildman–Crippen LogP) is 1.72. The van der Waals surface area contributed by atoms with Gasteiger partial charge in [0.2, 0.25) is 0 Å². The summed E-state index contributed by atoms with van der Waals surface area (Å²) in [6.45, 7) is 0.284. The van der Waals surface area contributed by atoms with Crippen LogP contribution in [0.15, 0.2) is 18.2 Å². The van der Waals surface area contributed by atoms with Crippen LogP contribution in [0, 0.1) is 5.82 Å². The van der Waals surface area contributed by atoms with E-state index in [-0.39, 0.29) is 30.4 Å². The number of carbonyl (C=O) groups is 1. The Morgan fingerprint density at radius 2 is 2.23 bits per heavy atom. The third kappa shape index (κ3) is 1.54. The number of rotatable bonds is 0. The van der Waals surface area contributed by atoms with E-state index in [1.807, 2.05) is 0 Å². The second-order valence-corrected chi connectivity index (χ2v) is 3.04. The minimum atomic E-state index is -0.382. The van der Waals surface area contributed by atoms with Crippen molar-refractivity contribution in [2.45, 2.75) is 12.8 Å². The van der Waals surface area contributed by atoms with E-state index in [9.17, 15) is 9.18 Å². The van der Waals surface area contributed by atoms with E-state index in [1.54, 1.807) is 12.1 Å². The van der Waals surface area contributed by atoms with E-state index >= 15 is 0 Å². The Kier molecular flexibility index (Phi) is 2.00. The van der Waals surface area contributed by atoms with E-state index in [2.05, 4.69) is 0 Å². The van der Waals surface area contributed by atoms with Crippen molar-refractivity contribution in [3.05, 3.63) is 29.6 Å². The molecule has 0 N–H and O–H groups in total. The van der Waals surface area contributed by atoms with Gasteiger partial charge in [-0.2, -0.15) is 0 Å². The van der Waals surface area contributed by atoms with Crippen LogP contribution in [0.1, 0.15) is 12.0 Å². The van der Waals surface area contributed by atoms with E-state index in [0.717, 1.165) is 0 Å². The molecule has 1 aliphatic heterocycles. The minimum absolute atomic E-state index is 0.101. The summed E-state index contributed by atoms with van der Waals surface area (Å²) in [6.07, 6.45) is 0.654. The maximum Gasteiger partial charge on any atom is 0.165 e. The quantitative estimate of drug-likeness (QED) is 0.607. The predicted molar refractivity (Wildman–Crippen MR) is 45.2 cm³/mol. The van der Waals surface area contributed by atoms with Crippen molar-refractivity contribution in [2.24, 2.45) is 0 Å². The molecule has 0 amide bonds. The molecular formula is C10H9FO2. The largest absolute Gasteiger partial charge is 0.490 e. The average molecular weight is 180 g/mol. The summed E-state index contributed by atoms with van der Waals surface area (Å²) in [5.74, 6) is -0.0371. The standard InChI is InChI=1S/C10H9FO2/c11-9-3-1-2-7-6-8(12)4-5-13-10(7)9/h1-3H,4-6H2. The molecule has 1 aromatic rings. The Balaban J connectivity index is 2.45. The minimum Gasteiger partial charge on any atom is -0.490 e.